The Labute approximate surface area is 117 Å². The highest BCUT2D eigenvalue weighted by Crippen LogP contribution is 2.28. The number of aromatic nitrogens is 4. The van der Waals surface area contributed by atoms with E-state index in [-0.39, 0.29) is 0 Å². The van der Waals surface area contributed by atoms with Gasteiger partial charge in [0.25, 0.3) is 0 Å². The Balaban J connectivity index is 1.81. The van der Waals surface area contributed by atoms with Gasteiger partial charge in [-0.2, -0.15) is 0 Å². The number of tetrazole rings is 1. The summed E-state index contributed by atoms with van der Waals surface area (Å²) in [5.41, 5.74) is 1.87. The second-order valence-corrected chi connectivity index (χ2v) is 5.31. The van der Waals surface area contributed by atoms with Crippen molar-refractivity contribution in [2.24, 2.45) is 0 Å². The molecule has 1 saturated carbocycles. The number of anilines is 1. The Morgan fingerprint density at radius 2 is 2.05 bits per heavy atom. The number of hydrogen-bond acceptors (Lipinski definition) is 4. The molecule has 1 N–H and O–H groups in total. The molecule has 1 aliphatic carbocycles. The quantitative estimate of drug-likeness (QED) is 0.937. The van der Waals surface area contributed by atoms with Crippen LogP contribution >= 0.6 is 11.6 Å². The molecule has 1 aliphatic rings. The van der Waals surface area contributed by atoms with Crippen molar-refractivity contribution in [2.75, 3.05) is 5.32 Å². The average Bonchev–Trinajstić information content (AvgIpc) is 2.96. The first-order chi connectivity index (χ1) is 9.33. The van der Waals surface area contributed by atoms with E-state index >= 15 is 0 Å². The fraction of sp³-hybridized carbons (Fsp3) is 0.462. The molecular weight excluding hydrogens is 262 g/mol. The number of nitrogens with zero attached hydrogens (tertiary/aromatic N) is 4. The molecule has 100 valence electrons. The molecule has 1 heterocycles. The summed E-state index contributed by atoms with van der Waals surface area (Å²) in [5, 5.41) is 15.5. The third-order valence-electron chi connectivity index (χ3n) is 3.53. The fourth-order valence-electron chi connectivity index (χ4n) is 2.51. The number of benzene rings is 1. The molecule has 0 radical (unpaired) electrons. The highest BCUT2D eigenvalue weighted by atomic mass is 35.5. The van der Waals surface area contributed by atoms with Gasteiger partial charge in [0.2, 0.25) is 0 Å². The lowest BCUT2D eigenvalue weighted by Crippen LogP contribution is -2.22. The zero-order valence-electron chi connectivity index (χ0n) is 10.6. The van der Waals surface area contributed by atoms with E-state index in [1.54, 1.807) is 11.0 Å². The van der Waals surface area contributed by atoms with Gasteiger partial charge in [-0.3, -0.25) is 0 Å². The van der Waals surface area contributed by atoms with Crippen molar-refractivity contribution < 1.29 is 0 Å². The summed E-state index contributed by atoms with van der Waals surface area (Å²) < 4.78 is 1.63. The Morgan fingerprint density at radius 3 is 2.79 bits per heavy atom. The standard InChI is InChI=1S/C13H16ClN5/c14-12-7-6-11(19-9-15-17-18-19)8-13(12)16-10-4-2-1-3-5-10/h6-10,16H,1-5H2. The van der Waals surface area contributed by atoms with Crippen molar-refractivity contribution in [1.82, 2.24) is 20.2 Å². The molecule has 0 amide bonds. The lowest BCUT2D eigenvalue weighted by molar-refractivity contribution is 0.463. The molecule has 1 aromatic carbocycles. The van der Waals surface area contributed by atoms with Gasteiger partial charge in [-0.05, 0) is 41.5 Å². The molecule has 5 nitrogen and oxygen atoms in total. The van der Waals surface area contributed by atoms with Crippen LogP contribution in [0.4, 0.5) is 5.69 Å². The number of nitrogens with one attached hydrogen (secondary N) is 1. The van der Waals surface area contributed by atoms with Crippen molar-refractivity contribution in [1.29, 1.82) is 0 Å². The Kier molecular flexibility index (Phi) is 3.64. The summed E-state index contributed by atoms with van der Waals surface area (Å²) >= 11 is 6.25. The monoisotopic (exact) mass is 277 g/mol. The first kappa shape index (κ1) is 12.4. The van der Waals surface area contributed by atoms with Gasteiger partial charge in [0.05, 0.1) is 16.4 Å². The van der Waals surface area contributed by atoms with Crippen molar-refractivity contribution in [2.45, 2.75) is 38.1 Å². The molecule has 0 unspecified atom stereocenters. The van der Waals surface area contributed by atoms with Crippen LogP contribution in [0.25, 0.3) is 5.69 Å². The first-order valence-corrected chi connectivity index (χ1v) is 7.00. The molecule has 3 rings (SSSR count). The molecule has 6 heteroatoms. The average molecular weight is 278 g/mol. The van der Waals surface area contributed by atoms with Gasteiger partial charge >= 0.3 is 0 Å². The van der Waals surface area contributed by atoms with Crippen LogP contribution in [-0.2, 0) is 0 Å². The number of hydrogen-bond donors (Lipinski definition) is 1. The zero-order chi connectivity index (χ0) is 13.1. The van der Waals surface area contributed by atoms with E-state index in [4.69, 9.17) is 11.6 Å². The molecule has 0 spiro atoms. The summed E-state index contributed by atoms with van der Waals surface area (Å²) in [5.74, 6) is 0. The van der Waals surface area contributed by atoms with Crippen LogP contribution in [0.5, 0.6) is 0 Å². The summed E-state index contributed by atoms with van der Waals surface area (Å²) in [6.07, 6.45) is 7.94. The van der Waals surface area contributed by atoms with E-state index in [2.05, 4.69) is 20.8 Å². The van der Waals surface area contributed by atoms with Crippen LogP contribution in [0, 0.1) is 0 Å². The van der Waals surface area contributed by atoms with E-state index in [1.165, 1.54) is 32.1 Å². The van der Waals surface area contributed by atoms with Gasteiger partial charge < -0.3 is 5.32 Å². The molecule has 19 heavy (non-hydrogen) atoms. The van der Waals surface area contributed by atoms with Gasteiger partial charge in [0.1, 0.15) is 6.33 Å². The number of rotatable bonds is 3. The summed E-state index contributed by atoms with van der Waals surface area (Å²) in [7, 11) is 0. The van der Waals surface area contributed by atoms with Crippen molar-refractivity contribution in [3.63, 3.8) is 0 Å². The van der Waals surface area contributed by atoms with Gasteiger partial charge in [0.15, 0.2) is 0 Å². The zero-order valence-corrected chi connectivity index (χ0v) is 11.3. The summed E-state index contributed by atoms with van der Waals surface area (Å²) in [6, 6.07) is 6.30. The van der Waals surface area contributed by atoms with Gasteiger partial charge in [-0.1, -0.05) is 30.9 Å². The highest BCUT2D eigenvalue weighted by molar-refractivity contribution is 6.33. The minimum atomic E-state index is 0.523. The lowest BCUT2D eigenvalue weighted by Gasteiger charge is -2.24. The molecule has 1 fully saturated rings. The van der Waals surface area contributed by atoms with Gasteiger partial charge in [-0.15, -0.1) is 5.10 Å². The number of halogens is 1. The molecule has 0 bridgehead atoms. The molecule has 1 aromatic heterocycles. The predicted octanol–water partition coefficient (Wildman–Crippen LogP) is 3.06. The predicted molar refractivity (Wildman–Crippen MR) is 74.7 cm³/mol. The smallest absolute Gasteiger partial charge is 0.143 e. The van der Waals surface area contributed by atoms with Crippen molar-refractivity contribution in [3.8, 4) is 5.69 Å². The van der Waals surface area contributed by atoms with Crippen LogP contribution in [0.1, 0.15) is 32.1 Å². The summed E-state index contributed by atoms with van der Waals surface area (Å²) in [6.45, 7) is 0. The van der Waals surface area contributed by atoms with Gasteiger partial charge in [0, 0.05) is 6.04 Å². The lowest BCUT2D eigenvalue weighted by atomic mass is 9.95. The highest BCUT2D eigenvalue weighted by Gasteiger charge is 2.14. The van der Waals surface area contributed by atoms with E-state index in [1.807, 2.05) is 18.2 Å². The molecule has 0 atom stereocenters. The maximum atomic E-state index is 6.25. The SMILES string of the molecule is Clc1ccc(-n2cnnn2)cc1NC1CCCCC1. The molecule has 0 aliphatic heterocycles. The van der Waals surface area contributed by atoms with Crippen LogP contribution in [0.15, 0.2) is 24.5 Å². The van der Waals surface area contributed by atoms with Crippen LogP contribution in [0.3, 0.4) is 0 Å². The normalized spacial score (nSPS) is 16.5. The second kappa shape index (κ2) is 5.57. The molecular formula is C13H16ClN5. The van der Waals surface area contributed by atoms with Crippen molar-refractivity contribution in [3.05, 3.63) is 29.5 Å². The van der Waals surface area contributed by atoms with E-state index in [0.717, 1.165) is 16.4 Å². The maximum Gasteiger partial charge on any atom is 0.143 e. The maximum absolute atomic E-state index is 6.25. The summed E-state index contributed by atoms with van der Waals surface area (Å²) in [4.78, 5) is 0. The van der Waals surface area contributed by atoms with E-state index in [0.29, 0.717) is 6.04 Å². The fourth-order valence-corrected chi connectivity index (χ4v) is 2.68. The first-order valence-electron chi connectivity index (χ1n) is 6.62. The van der Waals surface area contributed by atoms with Crippen LogP contribution in [-0.4, -0.2) is 26.2 Å². The van der Waals surface area contributed by atoms with Gasteiger partial charge in [-0.25, -0.2) is 4.68 Å². The molecule has 0 saturated heterocycles. The Hall–Kier alpha value is -1.62. The van der Waals surface area contributed by atoms with Crippen LogP contribution < -0.4 is 5.32 Å². The minimum absolute atomic E-state index is 0.523. The Morgan fingerprint density at radius 1 is 1.21 bits per heavy atom. The second-order valence-electron chi connectivity index (χ2n) is 4.90. The third kappa shape index (κ3) is 2.87. The third-order valence-corrected chi connectivity index (χ3v) is 3.86. The Bertz CT molecular complexity index is 534. The largest absolute Gasteiger partial charge is 0.381 e. The van der Waals surface area contributed by atoms with Crippen molar-refractivity contribution >= 4 is 17.3 Å². The molecule has 2 aromatic rings. The topological polar surface area (TPSA) is 55.6 Å². The van der Waals surface area contributed by atoms with Crippen LogP contribution in [0.2, 0.25) is 5.02 Å². The minimum Gasteiger partial charge on any atom is -0.381 e. The van der Waals surface area contributed by atoms with E-state index < -0.39 is 0 Å². The van der Waals surface area contributed by atoms with E-state index in [9.17, 15) is 0 Å².